The Bertz CT molecular complexity index is 1070. The zero-order chi connectivity index (χ0) is 16.8. The van der Waals surface area contributed by atoms with Gasteiger partial charge in [-0.05, 0) is 24.3 Å². The number of fused-ring (bicyclic) bond motifs is 1. The van der Waals surface area contributed by atoms with E-state index < -0.39 is 33.1 Å². The van der Waals surface area contributed by atoms with E-state index in [0.29, 0.717) is 5.52 Å². The highest BCUT2D eigenvalue weighted by Gasteiger charge is 2.19. The van der Waals surface area contributed by atoms with Crippen LogP contribution in [0.1, 0.15) is 0 Å². The molecule has 0 atom stereocenters. The Morgan fingerprint density at radius 2 is 1.87 bits per heavy atom. The lowest BCUT2D eigenvalue weighted by molar-refractivity contribution is 0.527. The van der Waals surface area contributed by atoms with E-state index in [1.807, 2.05) is 4.72 Å². The summed E-state index contributed by atoms with van der Waals surface area (Å²) in [6.07, 6.45) is 0. The summed E-state index contributed by atoms with van der Waals surface area (Å²) in [6, 6.07) is 6.17. The second-order valence-corrected chi connectivity index (χ2v) is 6.47. The van der Waals surface area contributed by atoms with Gasteiger partial charge in [-0.2, -0.15) is 0 Å². The van der Waals surface area contributed by atoms with Crippen LogP contribution in [0.5, 0.6) is 0 Å². The average molecular weight is 340 g/mol. The second kappa shape index (κ2) is 5.20. The third-order valence-electron chi connectivity index (χ3n) is 3.25. The van der Waals surface area contributed by atoms with Crippen molar-refractivity contribution in [2.75, 3.05) is 4.72 Å². The molecule has 0 unspecified atom stereocenters. The van der Waals surface area contributed by atoms with Crippen molar-refractivity contribution in [3.63, 3.8) is 0 Å². The predicted octanol–water partition coefficient (Wildman–Crippen LogP) is 2.21. The van der Waals surface area contributed by atoms with Crippen LogP contribution in [0.15, 0.2) is 50.5 Å². The van der Waals surface area contributed by atoms with Crippen LogP contribution in [0.4, 0.5) is 14.5 Å². The maximum Gasteiger partial charge on any atom is 0.419 e. The molecule has 1 heterocycles. The molecule has 0 fully saturated rings. The zero-order valence-electron chi connectivity index (χ0n) is 11.7. The van der Waals surface area contributed by atoms with Gasteiger partial charge in [0.05, 0.1) is 16.1 Å². The van der Waals surface area contributed by atoms with Gasteiger partial charge in [-0.3, -0.25) is 9.29 Å². The van der Waals surface area contributed by atoms with Crippen LogP contribution in [-0.4, -0.2) is 13.0 Å². The van der Waals surface area contributed by atoms with Crippen LogP contribution in [0, 0.1) is 11.6 Å². The van der Waals surface area contributed by atoms with Gasteiger partial charge >= 0.3 is 5.76 Å². The highest BCUT2D eigenvalue weighted by atomic mass is 32.2. The van der Waals surface area contributed by atoms with Crippen molar-refractivity contribution in [3.8, 4) is 0 Å². The summed E-state index contributed by atoms with van der Waals surface area (Å²) < 4.78 is 59.3. The van der Waals surface area contributed by atoms with E-state index in [9.17, 15) is 22.0 Å². The molecule has 0 aliphatic rings. The number of aryl methyl sites for hydroxylation is 1. The first kappa shape index (κ1) is 15.2. The Hall–Kier alpha value is -2.68. The van der Waals surface area contributed by atoms with Crippen LogP contribution in [0.25, 0.3) is 11.1 Å². The van der Waals surface area contributed by atoms with Crippen molar-refractivity contribution in [2.45, 2.75) is 4.90 Å². The molecular weight excluding hydrogens is 330 g/mol. The molecule has 0 amide bonds. The number of halogens is 2. The topological polar surface area (TPSA) is 81.3 Å². The van der Waals surface area contributed by atoms with Crippen molar-refractivity contribution in [3.05, 3.63) is 58.6 Å². The standard InChI is InChI=1S/C14H10F2N2O4S/c1-18-12-5-3-9(7-13(12)22-14(18)19)23(20,21)17-11-6-8(15)2-4-10(11)16/h2-7,17H,1H3. The van der Waals surface area contributed by atoms with Crippen LogP contribution >= 0.6 is 0 Å². The number of rotatable bonds is 3. The summed E-state index contributed by atoms with van der Waals surface area (Å²) in [6.45, 7) is 0. The summed E-state index contributed by atoms with van der Waals surface area (Å²) in [5, 5.41) is 0. The first-order valence-electron chi connectivity index (χ1n) is 6.35. The van der Waals surface area contributed by atoms with E-state index in [1.165, 1.54) is 23.7 Å². The fraction of sp³-hybridized carbons (Fsp3) is 0.0714. The molecule has 3 rings (SSSR count). The van der Waals surface area contributed by atoms with E-state index >= 15 is 0 Å². The number of anilines is 1. The molecule has 0 aliphatic carbocycles. The Morgan fingerprint density at radius 1 is 1.13 bits per heavy atom. The highest BCUT2D eigenvalue weighted by Crippen LogP contribution is 2.22. The van der Waals surface area contributed by atoms with Crippen molar-refractivity contribution in [1.82, 2.24) is 4.57 Å². The number of sulfonamides is 1. The smallest absolute Gasteiger partial charge is 0.408 e. The number of nitrogens with one attached hydrogen (secondary N) is 1. The summed E-state index contributed by atoms with van der Waals surface area (Å²) in [5.74, 6) is -2.34. The lowest BCUT2D eigenvalue weighted by Gasteiger charge is -2.09. The molecule has 1 aromatic heterocycles. The number of hydrogen-bond acceptors (Lipinski definition) is 4. The Labute approximate surface area is 129 Å². The predicted molar refractivity (Wildman–Crippen MR) is 78.6 cm³/mol. The van der Waals surface area contributed by atoms with E-state index in [0.717, 1.165) is 24.3 Å². The molecule has 23 heavy (non-hydrogen) atoms. The van der Waals surface area contributed by atoms with Crippen LogP contribution < -0.4 is 10.5 Å². The lowest BCUT2D eigenvalue weighted by Crippen LogP contribution is -2.14. The molecule has 0 radical (unpaired) electrons. The maximum absolute atomic E-state index is 13.6. The number of benzene rings is 2. The minimum Gasteiger partial charge on any atom is -0.408 e. The first-order chi connectivity index (χ1) is 10.8. The van der Waals surface area contributed by atoms with Gasteiger partial charge in [-0.15, -0.1) is 0 Å². The molecule has 2 aromatic carbocycles. The quantitative estimate of drug-likeness (QED) is 0.793. The van der Waals surface area contributed by atoms with Crippen molar-refractivity contribution >= 4 is 26.8 Å². The molecule has 9 heteroatoms. The number of nitrogens with zero attached hydrogens (tertiary/aromatic N) is 1. The van der Waals surface area contributed by atoms with Crippen LogP contribution in [-0.2, 0) is 17.1 Å². The van der Waals surface area contributed by atoms with Gasteiger partial charge in [0, 0.05) is 19.2 Å². The third-order valence-corrected chi connectivity index (χ3v) is 4.61. The average Bonchev–Trinajstić information content (AvgIpc) is 2.77. The van der Waals surface area contributed by atoms with Gasteiger partial charge in [-0.1, -0.05) is 0 Å². The van der Waals surface area contributed by atoms with Gasteiger partial charge < -0.3 is 4.42 Å². The van der Waals surface area contributed by atoms with E-state index in [4.69, 9.17) is 4.42 Å². The molecule has 3 aromatic rings. The minimum absolute atomic E-state index is 0.0695. The Morgan fingerprint density at radius 3 is 2.61 bits per heavy atom. The van der Waals surface area contributed by atoms with Gasteiger partial charge in [0.15, 0.2) is 5.58 Å². The minimum atomic E-state index is -4.18. The molecule has 0 spiro atoms. The molecule has 0 saturated carbocycles. The molecule has 120 valence electrons. The summed E-state index contributed by atoms with van der Waals surface area (Å²) in [7, 11) is -2.70. The van der Waals surface area contributed by atoms with Gasteiger partial charge in [-0.25, -0.2) is 22.0 Å². The van der Waals surface area contributed by atoms with Gasteiger partial charge in [0.2, 0.25) is 0 Å². The summed E-state index contributed by atoms with van der Waals surface area (Å²) in [4.78, 5) is 11.2. The molecule has 6 nitrogen and oxygen atoms in total. The third kappa shape index (κ3) is 2.70. The largest absolute Gasteiger partial charge is 0.419 e. The van der Waals surface area contributed by atoms with E-state index in [2.05, 4.69) is 0 Å². The van der Waals surface area contributed by atoms with Crippen molar-refractivity contribution < 1.29 is 21.6 Å². The second-order valence-electron chi connectivity index (χ2n) is 4.79. The molecule has 0 bridgehead atoms. The number of oxazole rings is 1. The molecule has 1 N–H and O–H groups in total. The Balaban J connectivity index is 2.05. The number of hydrogen-bond donors (Lipinski definition) is 1. The molecular formula is C14H10F2N2O4S. The normalized spacial score (nSPS) is 11.8. The first-order valence-corrected chi connectivity index (χ1v) is 7.84. The van der Waals surface area contributed by atoms with Gasteiger partial charge in [0.1, 0.15) is 11.6 Å². The molecule has 0 aliphatic heterocycles. The molecule has 0 saturated heterocycles. The monoisotopic (exact) mass is 340 g/mol. The SMILES string of the molecule is Cn1c(=O)oc2cc(S(=O)(=O)Nc3cc(F)ccc3F)ccc21. The Kier molecular flexibility index (Phi) is 3.44. The maximum atomic E-state index is 13.6. The highest BCUT2D eigenvalue weighted by molar-refractivity contribution is 7.92. The van der Waals surface area contributed by atoms with Crippen LogP contribution in [0.3, 0.4) is 0 Å². The fourth-order valence-electron chi connectivity index (χ4n) is 2.06. The van der Waals surface area contributed by atoms with E-state index in [-0.39, 0.29) is 10.5 Å². The summed E-state index contributed by atoms with van der Waals surface area (Å²) in [5.41, 5.74) is -0.0365. The lowest BCUT2D eigenvalue weighted by atomic mass is 10.3. The number of aromatic nitrogens is 1. The van der Waals surface area contributed by atoms with E-state index in [1.54, 1.807) is 0 Å². The van der Waals surface area contributed by atoms with Crippen LogP contribution in [0.2, 0.25) is 0 Å². The fourth-order valence-corrected chi connectivity index (χ4v) is 3.13. The van der Waals surface area contributed by atoms with Crippen molar-refractivity contribution in [2.24, 2.45) is 7.05 Å². The zero-order valence-corrected chi connectivity index (χ0v) is 12.5. The van der Waals surface area contributed by atoms with Gasteiger partial charge in [0.25, 0.3) is 10.0 Å². The van der Waals surface area contributed by atoms with Crippen molar-refractivity contribution in [1.29, 1.82) is 0 Å². The summed E-state index contributed by atoms with van der Waals surface area (Å²) >= 11 is 0.